The van der Waals surface area contributed by atoms with Crippen molar-refractivity contribution < 1.29 is 13.9 Å². The highest BCUT2D eigenvalue weighted by molar-refractivity contribution is 5.69. The van der Waals surface area contributed by atoms with E-state index in [0.29, 0.717) is 23.7 Å². The average Bonchev–Trinajstić information content (AvgIpc) is 2.48. The minimum atomic E-state index is -1.55. The van der Waals surface area contributed by atoms with Gasteiger partial charge < -0.3 is 15.2 Å². The predicted octanol–water partition coefficient (Wildman–Crippen LogP) is 2.63. The quantitative estimate of drug-likeness (QED) is 0.940. The Kier molecular flexibility index (Phi) is 3.70. The highest BCUT2D eigenvalue weighted by Gasteiger charge is 2.43. The molecule has 1 fully saturated rings. The minimum absolute atomic E-state index is 0.0202. The zero-order chi connectivity index (χ0) is 15.7. The van der Waals surface area contributed by atoms with Crippen molar-refractivity contribution in [1.82, 2.24) is 9.97 Å². The molecule has 116 valence electrons. The lowest BCUT2D eigenvalue weighted by Crippen LogP contribution is -2.43. The summed E-state index contributed by atoms with van der Waals surface area (Å²) in [6.07, 6.45) is 3.25. The normalized spacial score (nSPS) is 16.1. The van der Waals surface area contributed by atoms with Gasteiger partial charge in [0.05, 0.1) is 37.3 Å². The standard InChI is InChI=1S/C16H18FN3O2/c1-3-22-15-14(16(17)8-21-9-16)4-11(6-20-15)13-5-12(18)7-19-10(13)2/h4-7H,3,8-9,18H2,1-2H3. The molecule has 1 aliphatic rings. The van der Waals surface area contributed by atoms with Crippen molar-refractivity contribution >= 4 is 5.69 Å². The summed E-state index contributed by atoms with van der Waals surface area (Å²) in [5.41, 5.74) is 7.63. The summed E-state index contributed by atoms with van der Waals surface area (Å²) in [6, 6.07) is 3.57. The Morgan fingerprint density at radius 1 is 1.32 bits per heavy atom. The minimum Gasteiger partial charge on any atom is -0.478 e. The molecule has 0 bridgehead atoms. The van der Waals surface area contributed by atoms with Gasteiger partial charge in [0, 0.05) is 23.0 Å². The summed E-state index contributed by atoms with van der Waals surface area (Å²) >= 11 is 0. The van der Waals surface area contributed by atoms with E-state index in [1.54, 1.807) is 18.5 Å². The molecule has 1 aliphatic heterocycles. The fourth-order valence-electron chi connectivity index (χ4n) is 2.45. The van der Waals surface area contributed by atoms with Crippen LogP contribution in [0.2, 0.25) is 0 Å². The zero-order valence-corrected chi connectivity index (χ0v) is 12.6. The molecule has 0 aromatic carbocycles. The number of nitrogens with zero attached hydrogens (tertiary/aromatic N) is 2. The first kappa shape index (κ1) is 14.7. The van der Waals surface area contributed by atoms with Crippen LogP contribution in [-0.2, 0) is 10.4 Å². The predicted molar refractivity (Wildman–Crippen MR) is 81.4 cm³/mol. The van der Waals surface area contributed by atoms with Crippen molar-refractivity contribution in [3.8, 4) is 17.0 Å². The molecule has 0 unspecified atom stereocenters. The highest BCUT2D eigenvalue weighted by atomic mass is 19.1. The molecule has 3 rings (SSSR count). The molecule has 2 aromatic rings. The Morgan fingerprint density at radius 2 is 2.09 bits per heavy atom. The van der Waals surface area contributed by atoms with E-state index >= 15 is 0 Å². The fourth-order valence-corrected chi connectivity index (χ4v) is 2.45. The lowest BCUT2D eigenvalue weighted by molar-refractivity contribution is -0.136. The van der Waals surface area contributed by atoms with E-state index < -0.39 is 5.67 Å². The number of pyridine rings is 2. The van der Waals surface area contributed by atoms with Gasteiger partial charge in [-0.1, -0.05) is 0 Å². The van der Waals surface area contributed by atoms with Crippen molar-refractivity contribution in [2.45, 2.75) is 19.5 Å². The second-order valence-electron chi connectivity index (χ2n) is 5.37. The van der Waals surface area contributed by atoms with E-state index in [1.807, 2.05) is 19.9 Å². The van der Waals surface area contributed by atoms with E-state index in [2.05, 4.69) is 9.97 Å². The molecular weight excluding hydrogens is 285 g/mol. The van der Waals surface area contributed by atoms with Crippen molar-refractivity contribution in [3.63, 3.8) is 0 Å². The Balaban J connectivity index is 2.10. The van der Waals surface area contributed by atoms with Gasteiger partial charge in [-0.2, -0.15) is 0 Å². The summed E-state index contributed by atoms with van der Waals surface area (Å²) in [5, 5.41) is 0. The molecule has 1 saturated heterocycles. The number of hydrogen-bond acceptors (Lipinski definition) is 5. The summed E-state index contributed by atoms with van der Waals surface area (Å²) in [6.45, 7) is 4.18. The first-order valence-electron chi connectivity index (χ1n) is 7.16. The first-order valence-corrected chi connectivity index (χ1v) is 7.16. The highest BCUT2D eigenvalue weighted by Crippen LogP contribution is 2.40. The fraction of sp³-hybridized carbons (Fsp3) is 0.375. The number of nitrogens with two attached hydrogens (primary N) is 1. The molecule has 2 aromatic heterocycles. The average molecular weight is 303 g/mol. The van der Waals surface area contributed by atoms with Gasteiger partial charge in [0.25, 0.3) is 0 Å². The number of rotatable bonds is 4. The second kappa shape index (κ2) is 5.53. The molecule has 5 nitrogen and oxygen atoms in total. The Morgan fingerprint density at radius 3 is 2.73 bits per heavy atom. The van der Waals surface area contributed by atoms with Crippen LogP contribution in [0.25, 0.3) is 11.1 Å². The number of anilines is 1. The maximum Gasteiger partial charge on any atom is 0.219 e. The third kappa shape index (κ3) is 2.50. The van der Waals surface area contributed by atoms with E-state index in [9.17, 15) is 4.39 Å². The number of nitrogen functional groups attached to an aromatic ring is 1. The van der Waals surface area contributed by atoms with Crippen LogP contribution in [0, 0.1) is 6.92 Å². The van der Waals surface area contributed by atoms with Crippen LogP contribution in [-0.4, -0.2) is 29.8 Å². The largest absolute Gasteiger partial charge is 0.478 e. The Labute approximate surface area is 128 Å². The zero-order valence-electron chi connectivity index (χ0n) is 12.6. The summed E-state index contributed by atoms with van der Waals surface area (Å²) in [7, 11) is 0. The topological polar surface area (TPSA) is 70.3 Å². The number of alkyl halides is 1. The second-order valence-corrected chi connectivity index (χ2v) is 5.37. The molecule has 0 spiro atoms. The molecule has 0 aliphatic carbocycles. The van der Waals surface area contributed by atoms with Gasteiger partial charge in [-0.3, -0.25) is 4.98 Å². The van der Waals surface area contributed by atoms with Crippen LogP contribution >= 0.6 is 0 Å². The monoisotopic (exact) mass is 303 g/mol. The molecule has 2 N–H and O–H groups in total. The Hall–Kier alpha value is -2.21. The van der Waals surface area contributed by atoms with Gasteiger partial charge in [-0.05, 0) is 26.0 Å². The van der Waals surface area contributed by atoms with Gasteiger partial charge >= 0.3 is 0 Å². The molecule has 0 saturated carbocycles. The molecule has 0 amide bonds. The van der Waals surface area contributed by atoms with Gasteiger partial charge in [0.15, 0.2) is 5.67 Å². The van der Waals surface area contributed by atoms with Crippen LogP contribution < -0.4 is 10.5 Å². The summed E-state index contributed by atoms with van der Waals surface area (Å²) in [5.74, 6) is 0.312. The summed E-state index contributed by atoms with van der Waals surface area (Å²) < 4.78 is 25.3. The number of aryl methyl sites for hydroxylation is 1. The molecule has 3 heterocycles. The van der Waals surface area contributed by atoms with Gasteiger partial charge in [-0.25, -0.2) is 9.37 Å². The molecule has 22 heavy (non-hydrogen) atoms. The molecule has 0 radical (unpaired) electrons. The van der Waals surface area contributed by atoms with Crippen molar-refractivity contribution in [3.05, 3.63) is 35.8 Å². The number of halogens is 1. The van der Waals surface area contributed by atoms with Crippen LogP contribution in [0.15, 0.2) is 24.5 Å². The first-order chi connectivity index (χ1) is 10.5. The molecular formula is C16H18FN3O2. The van der Waals surface area contributed by atoms with E-state index in [0.717, 1.165) is 16.8 Å². The van der Waals surface area contributed by atoms with Gasteiger partial charge in [0.2, 0.25) is 5.88 Å². The summed E-state index contributed by atoms with van der Waals surface area (Å²) in [4.78, 5) is 8.51. The van der Waals surface area contributed by atoms with E-state index in [-0.39, 0.29) is 13.2 Å². The van der Waals surface area contributed by atoms with E-state index in [4.69, 9.17) is 15.2 Å². The van der Waals surface area contributed by atoms with Crippen LogP contribution in [0.1, 0.15) is 18.2 Å². The van der Waals surface area contributed by atoms with Gasteiger partial charge in [0.1, 0.15) is 0 Å². The van der Waals surface area contributed by atoms with Crippen molar-refractivity contribution in [1.29, 1.82) is 0 Å². The van der Waals surface area contributed by atoms with Crippen LogP contribution in [0.3, 0.4) is 0 Å². The molecule has 0 atom stereocenters. The van der Waals surface area contributed by atoms with Crippen molar-refractivity contribution in [2.75, 3.05) is 25.6 Å². The molecule has 6 heteroatoms. The van der Waals surface area contributed by atoms with Gasteiger partial charge in [-0.15, -0.1) is 0 Å². The Bertz CT molecular complexity index is 702. The maximum absolute atomic E-state index is 14.8. The lowest BCUT2D eigenvalue weighted by Gasteiger charge is -2.34. The smallest absolute Gasteiger partial charge is 0.219 e. The van der Waals surface area contributed by atoms with Crippen LogP contribution in [0.5, 0.6) is 5.88 Å². The SMILES string of the molecule is CCOc1ncc(-c2cc(N)cnc2C)cc1C1(F)COC1. The van der Waals surface area contributed by atoms with Crippen LogP contribution in [0.4, 0.5) is 10.1 Å². The van der Waals surface area contributed by atoms with E-state index in [1.165, 1.54) is 0 Å². The number of hydrogen-bond donors (Lipinski definition) is 1. The number of ether oxygens (including phenoxy) is 2. The number of aromatic nitrogens is 2. The lowest BCUT2D eigenvalue weighted by atomic mass is 9.92. The third-order valence-corrected chi connectivity index (χ3v) is 3.70. The third-order valence-electron chi connectivity index (χ3n) is 3.70. The van der Waals surface area contributed by atoms with Crippen molar-refractivity contribution in [2.24, 2.45) is 0 Å². The maximum atomic E-state index is 14.8.